The fraction of sp³-hybridized carbons (Fsp3) is 0.189. The molecule has 3 aliphatic carbocycles. The molecule has 0 bridgehead atoms. The van der Waals surface area contributed by atoms with Crippen molar-refractivity contribution in [1.29, 1.82) is 10.7 Å². The van der Waals surface area contributed by atoms with Gasteiger partial charge in [0.15, 0.2) is 40.8 Å². The van der Waals surface area contributed by atoms with E-state index < -0.39 is 47.8 Å². The van der Waals surface area contributed by atoms with Crippen LogP contribution in [-0.4, -0.2) is 157 Å². The van der Waals surface area contributed by atoms with Gasteiger partial charge in [-0.05, 0) is 152 Å². The number of aromatic nitrogens is 20. The Hall–Kier alpha value is -14.7. The number of ether oxygens (including phenoxy) is 1. The van der Waals surface area contributed by atoms with Gasteiger partial charge >= 0.3 is 39.5 Å². The number of amidine groups is 1. The van der Waals surface area contributed by atoms with Gasteiger partial charge in [0.2, 0.25) is 11.0 Å². The van der Waals surface area contributed by atoms with Crippen LogP contribution in [0.25, 0.3) is 46.1 Å². The average molecular weight is 1830 g/mol. The predicted molar refractivity (Wildman–Crippen MR) is 457 cm³/mol. The molecule has 124 heavy (non-hydrogen) atoms. The first kappa shape index (κ1) is 98.2. The van der Waals surface area contributed by atoms with E-state index in [1.54, 1.807) is 149 Å². The summed E-state index contributed by atoms with van der Waals surface area (Å²) in [7, 11) is 3.17. The average Bonchev–Trinajstić information content (AvgIpc) is 1.62. The zero-order chi connectivity index (χ0) is 88.3. The maximum atomic E-state index is 11.3. The predicted octanol–water partition coefficient (Wildman–Crippen LogP) is 14.0. The van der Waals surface area contributed by atoms with Crippen LogP contribution in [0.2, 0.25) is 5.15 Å². The summed E-state index contributed by atoms with van der Waals surface area (Å²) < 4.78 is 14.0. The summed E-state index contributed by atoms with van der Waals surface area (Å²) in [5, 5.41) is 81.4. The summed E-state index contributed by atoms with van der Waals surface area (Å²) in [6.45, 7) is 1.71. The molecule has 3 aliphatic rings. The van der Waals surface area contributed by atoms with Gasteiger partial charge in [0.1, 0.15) is 70.5 Å². The Morgan fingerprint density at radius 1 is 0.597 bits per heavy atom. The fourth-order valence-corrected chi connectivity index (χ4v) is 9.56. The van der Waals surface area contributed by atoms with Crippen LogP contribution in [0.4, 0.5) is 51.8 Å². The van der Waals surface area contributed by atoms with Crippen LogP contribution in [0.3, 0.4) is 0 Å². The van der Waals surface area contributed by atoms with Gasteiger partial charge in [-0.2, -0.15) is 20.6 Å². The Morgan fingerprint density at radius 3 is 1.37 bits per heavy atom. The van der Waals surface area contributed by atoms with Crippen LogP contribution in [0.15, 0.2) is 206 Å². The van der Waals surface area contributed by atoms with E-state index in [0.29, 0.717) is 86.6 Å². The van der Waals surface area contributed by atoms with E-state index in [0.717, 1.165) is 48.7 Å². The topological polar surface area (TPSA) is 655 Å². The number of nitrogens with one attached hydrogen (secondary N) is 7. The first-order valence-corrected chi connectivity index (χ1v) is 40.4. The van der Waals surface area contributed by atoms with Crippen molar-refractivity contribution in [2.24, 2.45) is 5.73 Å². The molecular formula is C74H75Cl4FeN32O12P. The molecule has 3 saturated carbocycles. The van der Waals surface area contributed by atoms with E-state index >= 15 is 0 Å². The van der Waals surface area contributed by atoms with E-state index in [-0.39, 0.29) is 70.9 Å². The number of hydrogen-bond acceptors (Lipinski definition) is 35. The van der Waals surface area contributed by atoms with Crippen molar-refractivity contribution in [3.8, 4) is 52.1 Å². The molecule has 13 aromatic heterocycles. The number of halogens is 4. The van der Waals surface area contributed by atoms with Gasteiger partial charge in [-0.25, -0.2) is 44.7 Å². The summed E-state index contributed by atoms with van der Waals surface area (Å²) >= 11 is 19.5. The van der Waals surface area contributed by atoms with E-state index in [4.69, 9.17) is 39.5 Å². The minimum absolute atomic E-state index is 0. The van der Waals surface area contributed by atoms with Gasteiger partial charge in [0, 0.05) is 121 Å². The molecule has 16 rings (SSSR count). The number of nitrogens with zero attached hydrogens (tertiary/aromatic N) is 22. The fourth-order valence-electron chi connectivity index (χ4n) is 9.36. The molecule has 0 aromatic carbocycles. The van der Waals surface area contributed by atoms with Crippen molar-refractivity contribution in [3.63, 3.8) is 0 Å². The minimum Gasteiger partial charge on any atom is -0.458 e. The second kappa shape index (κ2) is 49.2. The van der Waals surface area contributed by atoms with Crippen LogP contribution in [0.5, 0.6) is 0 Å². The summed E-state index contributed by atoms with van der Waals surface area (Å²) in [5.74, 6) is 4.68. The van der Waals surface area contributed by atoms with Gasteiger partial charge in [-0.1, -0.05) is 55.4 Å². The van der Waals surface area contributed by atoms with Crippen molar-refractivity contribution in [2.45, 2.75) is 70.6 Å². The number of carbonyl (C=O) groups excluding carboxylic acids is 1. The third-order valence-corrected chi connectivity index (χ3v) is 15.7. The Balaban J connectivity index is 0.000000222. The first-order chi connectivity index (χ1) is 58.4. The minimum atomic E-state index is -3.22. The van der Waals surface area contributed by atoms with Gasteiger partial charge in [-0.3, -0.25) is 100 Å². The zero-order valence-electron chi connectivity index (χ0n) is 64.4. The Morgan fingerprint density at radius 2 is 1.01 bits per heavy atom. The number of anilines is 6. The number of rotatable bonds is 19. The number of hydrogen-bond donors (Lipinski definition) is 10. The number of nitriles is 1. The van der Waals surface area contributed by atoms with Crippen LogP contribution < -0.4 is 33.4 Å². The van der Waals surface area contributed by atoms with Crippen molar-refractivity contribution in [1.82, 2.24) is 105 Å². The molecule has 0 aliphatic heterocycles. The van der Waals surface area contributed by atoms with Gasteiger partial charge < -0.3 is 37.5 Å². The summed E-state index contributed by atoms with van der Waals surface area (Å²) in [4.78, 5) is 118. The quantitative estimate of drug-likeness (QED) is 0.00414. The molecule has 13 heterocycles. The summed E-state index contributed by atoms with van der Waals surface area (Å²) in [5.41, 5.74) is 21.1. The molecule has 0 radical (unpaired) electrons. The van der Waals surface area contributed by atoms with Crippen LogP contribution in [0, 0.1) is 57.2 Å². The van der Waals surface area contributed by atoms with Crippen LogP contribution in [0.1, 0.15) is 99.1 Å². The molecule has 44 nitrogen and oxygen atoms in total. The first-order valence-electron chi connectivity index (χ1n) is 35.6. The Bertz CT molecular complexity index is 5840. The number of esters is 1. The zero-order valence-corrected chi connectivity index (χ0v) is 69.5. The van der Waals surface area contributed by atoms with E-state index in [1.165, 1.54) is 48.7 Å². The van der Waals surface area contributed by atoms with Gasteiger partial charge in [-0.15, -0.1) is 0 Å². The monoisotopic (exact) mass is 1830 g/mol. The number of nitro groups is 4. The van der Waals surface area contributed by atoms with E-state index in [1.807, 2.05) is 42.5 Å². The third kappa shape index (κ3) is 33.5. The molecule has 13 aromatic rings. The maximum Gasteiger partial charge on any atom is 0.411 e. The number of pyridine rings is 6. The Kier molecular flexibility index (Phi) is 38.9. The third-order valence-electron chi connectivity index (χ3n) is 15.4. The van der Waals surface area contributed by atoms with E-state index in [9.17, 15) is 54.6 Å². The normalized spacial score (nSPS) is 11.8. The number of H-pyrrole nitrogens is 4. The van der Waals surface area contributed by atoms with Crippen molar-refractivity contribution >= 4 is 114 Å². The molecule has 0 saturated heterocycles. The molecule has 3 fully saturated rings. The maximum absolute atomic E-state index is 11.3. The molecule has 644 valence electrons. The molecule has 50 heteroatoms. The second-order valence-corrected chi connectivity index (χ2v) is 31.9. The smallest absolute Gasteiger partial charge is 0.411 e. The molecule has 0 atom stereocenters. The van der Waals surface area contributed by atoms with Crippen molar-refractivity contribution < 1.29 is 50.9 Å². The largest absolute Gasteiger partial charge is 0.458 e. The van der Waals surface area contributed by atoms with E-state index in [2.05, 4.69) is 149 Å². The summed E-state index contributed by atoms with van der Waals surface area (Å²) in [6.07, 6.45) is 22.8. The SMILES string of the molecule is C.CCOC(=O)/C(=C\N(C)C)[N+](=O)[O-].N#Cc1ccccn1.N=C(N)c1ccccn1.Nc1cc(C2CC2)[nH]n1.Nc1cnc(-c2ccccn2)nc1Nc1cc(C2CC2)[nH]n1.O=P(Cl)(Cl)Cl.O=[N+]([O-])c1cnc(-c2ccccn2)nc1Cl.O=[N+]([O-])c1cnc(-c2ccccn2)nc1Nc1cc(C2CC2)[nH]n1.O=c1[nH]c(-c2ccccn2)ncc1[N+](=O)[O-].[Fe]. The number of carbonyl (C=O) groups is 1. The van der Waals surface area contributed by atoms with Gasteiger partial charge in [0.05, 0.1) is 44.4 Å². The van der Waals surface area contributed by atoms with Crippen LogP contribution in [-0.2, 0) is 31.2 Å². The number of aromatic amines is 4. The number of nitrogen functional groups attached to an aromatic ring is 3. The summed E-state index contributed by atoms with van der Waals surface area (Å²) in [6, 6.07) is 39.4. The second-order valence-electron chi connectivity index (χ2n) is 24.9. The number of nitrogens with two attached hydrogens (primary N) is 3. The van der Waals surface area contributed by atoms with Crippen LogP contribution >= 0.6 is 50.5 Å². The Labute approximate surface area is 733 Å². The molecule has 0 amide bonds. The van der Waals surface area contributed by atoms with Crippen molar-refractivity contribution in [2.75, 3.05) is 42.8 Å². The molecule has 0 spiro atoms. The van der Waals surface area contributed by atoms with Gasteiger partial charge in [0.25, 0.3) is 0 Å². The molecular weight excluding hydrogens is 1760 g/mol. The molecule has 0 unspecified atom stereocenters. The van der Waals surface area contributed by atoms with Crippen molar-refractivity contribution in [3.05, 3.63) is 286 Å². The molecule has 13 N–H and O–H groups in total. The standard InChI is InChI=1S/C15H13N7O2.C15H15N7.C9H5ClN4O2.C9H6N4O3.C7H12N2O4.C6H9N3.C6H7N3.C6H4N2.CH4.Cl3OP.Fe/c23-22(24)12-8-17-14(10-3-1-2-6-16-10)19-15(12)18-13-7-11(20-21-13)9-4-5-9;16-10-8-18-15(11-3-1-2-6-17-11)20-14(10)19-13-7-12(21-22-13)9-4-5-9;10-8-7(14(15)16)5-12-9(13-8)6-3-1-2-4-11-6;14-9-7(13(15)16)5-11-8(12-9)6-3-1-2-4-10-6;1-4-13-7(10)6(9(11)12)5-8(2)3;7-6-3-5(8-9-6)4-1-2-4;7-6(8)5-3-1-2-4-9-5;7-5-6-3-1-2-4-8-6;;1-5(2,3)4;/h1-3,6-9H,4-5H2,(H2,17,18,19,20,21);1-3,6-9H,4-5,16H2,(H2,18,19,20,21,22);1-5H;1-5H,(H,11,12,14);5H,4H2,1-3H3;3-4H,1-2H2,(H3,7,8,9);1-4H,(H3,7,8);1-4H;1H4;;/b;;;;6-5+;;;;;;.